The van der Waals surface area contributed by atoms with Gasteiger partial charge in [0.2, 0.25) is 11.8 Å². The van der Waals surface area contributed by atoms with Crippen LogP contribution in [-0.2, 0) is 14.3 Å². The molecule has 6 nitrogen and oxygen atoms in total. The molecule has 3 rings (SSSR count). The zero-order valence-electron chi connectivity index (χ0n) is 11.3. The van der Waals surface area contributed by atoms with Gasteiger partial charge in [0.15, 0.2) is 0 Å². The number of hydrogen-bond acceptors (Lipinski definition) is 5. The number of imide groups is 1. The predicted molar refractivity (Wildman–Crippen MR) is 68.5 cm³/mol. The molecule has 3 fully saturated rings. The number of carbonyl (C=O) groups excluding carboxylic acids is 2. The minimum absolute atomic E-state index is 0.105. The average molecular weight is 267 g/mol. The van der Waals surface area contributed by atoms with E-state index in [1.54, 1.807) is 0 Å². The van der Waals surface area contributed by atoms with Crippen LogP contribution in [0.4, 0.5) is 0 Å². The molecule has 0 aromatic carbocycles. The van der Waals surface area contributed by atoms with E-state index in [0.717, 1.165) is 19.7 Å². The van der Waals surface area contributed by atoms with Gasteiger partial charge < -0.3 is 10.1 Å². The van der Waals surface area contributed by atoms with E-state index in [-0.39, 0.29) is 30.4 Å². The first-order chi connectivity index (χ1) is 9.15. The Hall–Kier alpha value is -0.980. The molecular formula is C13H21N3O3. The SMILES string of the molecule is CN1C(=O)CC(NCC2CN3CCCC3CO2)C1=O. The smallest absolute Gasteiger partial charge is 0.246 e. The van der Waals surface area contributed by atoms with Crippen LogP contribution in [-0.4, -0.2) is 73.1 Å². The van der Waals surface area contributed by atoms with E-state index in [1.807, 2.05) is 0 Å². The number of ether oxygens (including phenoxy) is 1. The molecule has 106 valence electrons. The molecule has 3 aliphatic heterocycles. The Kier molecular flexibility index (Phi) is 3.56. The fourth-order valence-electron chi connectivity index (χ4n) is 3.20. The molecule has 3 aliphatic rings. The molecule has 2 amide bonds. The van der Waals surface area contributed by atoms with Crippen LogP contribution in [0.15, 0.2) is 0 Å². The van der Waals surface area contributed by atoms with Gasteiger partial charge in [0.25, 0.3) is 0 Å². The molecule has 3 saturated heterocycles. The first-order valence-corrected chi connectivity index (χ1v) is 7.04. The number of fused-ring (bicyclic) bond motifs is 1. The minimum atomic E-state index is -0.364. The van der Waals surface area contributed by atoms with E-state index in [4.69, 9.17) is 4.74 Å². The van der Waals surface area contributed by atoms with Crippen molar-refractivity contribution in [3.05, 3.63) is 0 Å². The Morgan fingerprint density at radius 1 is 1.42 bits per heavy atom. The average Bonchev–Trinajstić information content (AvgIpc) is 2.96. The molecule has 1 N–H and O–H groups in total. The number of rotatable bonds is 3. The standard InChI is InChI=1S/C13H21N3O3/c1-15-12(17)5-11(13(15)18)14-6-10-7-16-4-2-3-9(16)8-19-10/h9-11,14H,2-8H2,1H3. The number of nitrogens with one attached hydrogen (secondary N) is 1. The van der Waals surface area contributed by atoms with Gasteiger partial charge in [-0.05, 0) is 19.4 Å². The maximum absolute atomic E-state index is 11.8. The van der Waals surface area contributed by atoms with Crippen molar-refractivity contribution in [3.63, 3.8) is 0 Å². The summed E-state index contributed by atoms with van der Waals surface area (Å²) in [6, 6.07) is 0.231. The van der Waals surface area contributed by atoms with Gasteiger partial charge in [-0.25, -0.2) is 0 Å². The highest BCUT2D eigenvalue weighted by Crippen LogP contribution is 2.22. The number of likely N-dealkylation sites (tertiary alicyclic amines) is 1. The molecule has 0 aromatic rings. The molecule has 0 aliphatic carbocycles. The van der Waals surface area contributed by atoms with E-state index in [9.17, 15) is 9.59 Å². The molecular weight excluding hydrogens is 246 g/mol. The largest absolute Gasteiger partial charge is 0.374 e. The van der Waals surface area contributed by atoms with Crippen molar-refractivity contribution in [1.82, 2.24) is 15.1 Å². The molecule has 0 aromatic heterocycles. The van der Waals surface area contributed by atoms with Crippen LogP contribution in [0.25, 0.3) is 0 Å². The van der Waals surface area contributed by atoms with E-state index in [0.29, 0.717) is 12.6 Å². The van der Waals surface area contributed by atoms with E-state index in [2.05, 4.69) is 10.2 Å². The number of likely N-dealkylation sites (N-methyl/N-ethyl adjacent to an activating group) is 1. The van der Waals surface area contributed by atoms with Gasteiger partial charge in [-0.3, -0.25) is 19.4 Å². The number of morpholine rings is 1. The molecule has 19 heavy (non-hydrogen) atoms. The van der Waals surface area contributed by atoms with Crippen molar-refractivity contribution in [2.45, 2.75) is 37.5 Å². The lowest BCUT2D eigenvalue weighted by atomic mass is 10.1. The van der Waals surface area contributed by atoms with Gasteiger partial charge in [0, 0.05) is 26.2 Å². The van der Waals surface area contributed by atoms with Crippen LogP contribution >= 0.6 is 0 Å². The Labute approximate surface area is 113 Å². The van der Waals surface area contributed by atoms with E-state index < -0.39 is 0 Å². The van der Waals surface area contributed by atoms with E-state index >= 15 is 0 Å². The van der Waals surface area contributed by atoms with Crippen molar-refractivity contribution < 1.29 is 14.3 Å². The topological polar surface area (TPSA) is 61.9 Å². The van der Waals surface area contributed by atoms with Crippen molar-refractivity contribution >= 4 is 11.8 Å². The molecule has 3 atom stereocenters. The lowest BCUT2D eigenvalue weighted by Gasteiger charge is -2.35. The van der Waals surface area contributed by atoms with Crippen molar-refractivity contribution in [2.75, 3.05) is 33.3 Å². The van der Waals surface area contributed by atoms with Crippen LogP contribution in [0, 0.1) is 0 Å². The molecule has 3 unspecified atom stereocenters. The zero-order chi connectivity index (χ0) is 13.4. The highest BCUT2D eigenvalue weighted by Gasteiger charge is 2.37. The third-order valence-electron chi connectivity index (χ3n) is 4.43. The van der Waals surface area contributed by atoms with Crippen LogP contribution in [0.5, 0.6) is 0 Å². The van der Waals surface area contributed by atoms with Crippen molar-refractivity contribution in [1.29, 1.82) is 0 Å². The molecule has 0 saturated carbocycles. The summed E-state index contributed by atoms with van der Waals surface area (Å²) in [7, 11) is 1.54. The van der Waals surface area contributed by atoms with Gasteiger partial charge in [0.1, 0.15) is 0 Å². The molecule has 0 radical (unpaired) electrons. The van der Waals surface area contributed by atoms with Gasteiger partial charge in [-0.15, -0.1) is 0 Å². The predicted octanol–water partition coefficient (Wildman–Crippen LogP) is -0.803. The maximum Gasteiger partial charge on any atom is 0.246 e. The monoisotopic (exact) mass is 267 g/mol. The number of carbonyl (C=O) groups is 2. The number of nitrogens with zero attached hydrogens (tertiary/aromatic N) is 2. The summed E-state index contributed by atoms with van der Waals surface area (Å²) in [4.78, 5) is 26.9. The number of hydrogen-bond donors (Lipinski definition) is 1. The summed E-state index contributed by atoms with van der Waals surface area (Å²) < 4.78 is 5.83. The summed E-state index contributed by atoms with van der Waals surface area (Å²) in [5, 5.41) is 3.18. The summed E-state index contributed by atoms with van der Waals surface area (Å²) in [6.07, 6.45) is 2.90. The fraction of sp³-hybridized carbons (Fsp3) is 0.846. The zero-order valence-corrected chi connectivity index (χ0v) is 11.3. The molecule has 0 bridgehead atoms. The quantitative estimate of drug-likeness (QED) is 0.678. The Balaban J connectivity index is 1.48. The second-order valence-corrected chi connectivity index (χ2v) is 5.70. The van der Waals surface area contributed by atoms with Crippen LogP contribution in [0.1, 0.15) is 19.3 Å². The van der Waals surface area contributed by atoms with Gasteiger partial charge in [-0.1, -0.05) is 0 Å². The Morgan fingerprint density at radius 2 is 2.26 bits per heavy atom. The Morgan fingerprint density at radius 3 is 3.00 bits per heavy atom. The van der Waals surface area contributed by atoms with Crippen molar-refractivity contribution in [3.8, 4) is 0 Å². The van der Waals surface area contributed by atoms with Gasteiger partial charge in [0.05, 0.1) is 25.2 Å². The highest BCUT2D eigenvalue weighted by molar-refractivity contribution is 6.05. The third-order valence-corrected chi connectivity index (χ3v) is 4.43. The Bertz CT molecular complexity index is 387. The summed E-state index contributed by atoms with van der Waals surface area (Å²) >= 11 is 0. The summed E-state index contributed by atoms with van der Waals surface area (Å²) in [5.41, 5.74) is 0. The second-order valence-electron chi connectivity index (χ2n) is 5.70. The normalized spacial score (nSPS) is 36.1. The van der Waals surface area contributed by atoms with E-state index in [1.165, 1.54) is 24.8 Å². The molecule has 3 heterocycles. The minimum Gasteiger partial charge on any atom is -0.374 e. The van der Waals surface area contributed by atoms with Gasteiger partial charge in [-0.2, -0.15) is 0 Å². The van der Waals surface area contributed by atoms with Crippen LogP contribution in [0.3, 0.4) is 0 Å². The van der Waals surface area contributed by atoms with Crippen LogP contribution < -0.4 is 5.32 Å². The first kappa shape index (κ1) is 13.0. The molecule has 0 spiro atoms. The maximum atomic E-state index is 11.8. The second kappa shape index (κ2) is 5.19. The molecule has 6 heteroatoms. The number of amides is 2. The van der Waals surface area contributed by atoms with Gasteiger partial charge >= 0.3 is 0 Å². The highest BCUT2D eigenvalue weighted by atomic mass is 16.5. The lowest BCUT2D eigenvalue weighted by molar-refractivity contribution is -0.137. The van der Waals surface area contributed by atoms with Crippen molar-refractivity contribution in [2.24, 2.45) is 0 Å². The summed E-state index contributed by atoms with van der Waals surface area (Å²) in [5.74, 6) is -0.230. The van der Waals surface area contributed by atoms with Crippen LogP contribution in [0.2, 0.25) is 0 Å². The first-order valence-electron chi connectivity index (χ1n) is 7.04. The third kappa shape index (κ3) is 2.52. The summed E-state index contributed by atoms with van der Waals surface area (Å²) in [6.45, 7) is 3.53. The lowest BCUT2D eigenvalue weighted by Crippen LogP contribution is -2.51. The fourth-order valence-corrected chi connectivity index (χ4v) is 3.20.